The summed E-state index contributed by atoms with van der Waals surface area (Å²) in [6.07, 6.45) is 0. The van der Waals surface area contributed by atoms with Crippen LogP contribution in [0.25, 0.3) is 0 Å². The molecule has 0 saturated heterocycles. The summed E-state index contributed by atoms with van der Waals surface area (Å²) in [4.78, 5) is 0. The van der Waals surface area contributed by atoms with E-state index in [0.29, 0.717) is 0 Å². The van der Waals surface area contributed by atoms with E-state index < -0.39 is 47.5 Å². The van der Waals surface area contributed by atoms with Crippen LogP contribution in [0.15, 0.2) is 540 Å². The third kappa shape index (κ3) is 27.2. The minimum Gasteiger partial charge on any atom is -0.0622 e. The molecule has 18 aromatic rings. The van der Waals surface area contributed by atoms with Crippen molar-refractivity contribution in [1.29, 1.82) is 0 Å². The van der Waals surface area contributed by atoms with Crippen molar-refractivity contribution in [3.63, 3.8) is 0 Å². The molecule has 118 heavy (non-hydrogen) atoms. The first-order valence-electron chi connectivity index (χ1n) is 38.5. The first-order chi connectivity index (χ1) is 57.1. The van der Waals surface area contributed by atoms with E-state index in [9.17, 15) is 0 Å². The molecule has 18 rings (SSSR count). The zero-order valence-electron chi connectivity index (χ0n) is 65.0. The zero-order valence-corrected chi connectivity index (χ0v) is 74.9. The summed E-state index contributed by atoms with van der Waals surface area (Å²) in [6, 6.07) is 192. The Labute approximate surface area is 744 Å². The van der Waals surface area contributed by atoms with Crippen LogP contribution < -0.4 is 124 Å². The Morgan fingerprint density at radius 1 is 0.110 bits per heavy atom. The minimum atomic E-state index is -0.486. The Hall–Kier alpha value is -9.56. The maximum Gasteiger partial charge on any atom is 0 e. The van der Waals surface area contributed by atoms with Crippen molar-refractivity contribution >= 4 is 147 Å². The fourth-order valence-corrected chi connectivity index (χ4v) is 27.5. The van der Waals surface area contributed by atoms with E-state index in [2.05, 4.69) is 559 Å². The molecule has 0 aliphatic carbocycles. The molecule has 0 unspecified atom stereocenters. The summed E-state index contributed by atoms with van der Waals surface area (Å²) >= 11 is 3.30. The van der Waals surface area contributed by atoms with Crippen molar-refractivity contribution in [3.8, 4) is 0 Å². The normalized spacial score (nSPS) is 10.3. The van der Waals surface area contributed by atoms with Gasteiger partial charge >= 0.3 is 132 Å². The van der Waals surface area contributed by atoms with Gasteiger partial charge in [0.25, 0.3) is 0 Å². The predicted molar refractivity (Wildman–Crippen MR) is 511 cm³/mol. The molecule has 0 N–H and O–H groups in total. The van der Waals surface area contributed by atoms with Crippen LogP contribution in [0.4, 0.5) is 0 Å². The zero-order chi connectivity index (χ0) is 78.4. The van der Waals surface area contributed by atoms with Crippen LogP contribution in [0.5, 0.6) is 0 Å². The smallest absolute Gasteiger partial charge is 0 e. The number of halogens is 2. The molecule has 0 aromatic heterocycles. The molecule has 0 nitrogen and oxygen atoms in total. The van der Waals surface area contributed by atoms with Crippen molar-refractivity contribution in [2.75, 3.05) is 0 Å². The van der Waals surface area contributed by atoms with Crippen molar-refractivity contribution in [1.82, 2.24) is 0 Å². The Morgan fingerprint density at radius 3 is 0.288 bits per heavy atom. The van der Waals surface area contributed by atoms with Crippen LogP contribution in [-0.4, -0.2) is 0 Å². The van der Waals surface area contributed by atoms with Crippen molar-refractivity contribution in [2.45, 2.75) is 0 Å². The maximum atomic E-state index is 3.30. The van der Waals surface area contributed by atoms with E-state index in [-0.39, 0.29) is 45.2 Å². The number of hydrogen-bond acceptors (Lipinski definition) is 0. The van der Waals surface area contributed by atoms with E-state index >= 15 is 0 Å². The van der Waals surface area contributed by atoms with Gasteiger partial charge in [0.1, 0.15) is 0 Å². The molecule has 0 fully saturated rings. The maximum absolute atomic E-state index is 3.30. The standard InChI is InChI=1S/5C18H15P.C18H14P.2ClH.2Pd/c6*1-4-10-16(11-5-1)19(17-12-6-2-7-13-17)18-14-8-3-9-15-18;;;;/h5*1-15H;1-8,10-15H;2*1H;;/q;;;;;;;;;+2/p-2. The van der Waals surface area contributed by atoms with E-state index in [1.807, 2.05) is 0 Å². The van der Waals surface area contributed by atoms with Gasteiger partial charge in [-0.15, -0.1) is 0 Å². The van der Waals surface area contributed by atoms with Crippen LogP contribution in [-0.2, 0) is 39.6 Å². The summed E-state index contributed by atoms with van der Waals surface area (Å²) in [5, 5.41) is 25.1. The second-order valence-electron chi connectivity index (χ2n) is 26.2. The molecule has 0 bridgehead atoms. The average Bonchev–Trinajstić information content (AvgIpc) is 0.817. The third-order valence-electron chi connectivity index (χ3n) is 18.3. The van der Waals surface area contributed by atoms with E-state index in [0.717, 1.165) is 0 Å². The Bertz CT molecular complexity index is 4450. The number of rotatable bonds is 18. The minimum absolute atomic E-state index is 0. The van der Waals surface area contributed by atoms with Crippen LogP contribution in [0.2, 0.25) is 0 Å². The molecule has 10 heteroatoms. The van der Waals surface area contributed by atoms with E-state index in [1.165, 1.54) is 99.5 Å². The van der Waals surface area contributed by atoms with Crippen molar-refractivity contribution in [2.24, 2.45) is 0 Å². The molecule has 0 aliphatic rings. The fraction of sp³-hybridized carbons (Fsp3) is 0. The van der Waals surface area contributed by atoms with Gasteiger partial charge in [-0.1, -0.05) is 455 Å². The van der Waals surface area contributed by atoms with Gasteiger partial charge in [-0.05, 0) is 119 Å². The summed E-state index contributed by atoms with van der Waals surface area (Å²) in [7, 11) is -2.72. The van der Waals surface area contributed by atoms with Gasteiger partial charge in [-0.25, -0.2) is 0 Å². The fourth-order valence-electron chi connectivity index (χ4n) is 13.1. The predicted octanol–water partition coefficient (Wildman–Crippen LogP) is 13.8. The molecule has 0 aliphatic heterocycles. The molecular weight excluding hydrogens is 1770 g/mol. The van der Waals surface area contributed by atoms with Gasteiger partial charge in [0.15, 0.2) is 0 Å². The van der Waals surface area contributed by atoms with Gasteiger partial charge in [0.05, 0.1) is 0 Å². The van der Waals surface area contributed by atoms with Gasteiger partial charge in [0, 0.05) is 20.4 Å². The molecule has 0 spiro atoms. The second kappa shape index (κ2) is 51.0. The molecular formula is C108H89Cl2P6Pd2. The Kier molecular flexibility index (Phi) is 39.3. The van der Waals surface area contributed by atoms with E-state index in [1.54, 1.807) is 0 Å². The first kappa shape index (κ1) is 90.8. The molecule has 585 valence electrons. The molecule has 0 amide bonds. The Balaban J connectivity index is 0.000000148. The molecule has 18 aromatic carbocycles. The van der Waals surface area contributed by atoms with Crippen LogP contribution in [0.3, 0.4) is 0 Å². The number of benzene rings is 18. The van der Waals surface area contributed by atoms with Gasteiger partial charge in [-0.3, -0.25) is 0 Å². The number of hydrogen-bond donors (Lipinski definition) is 0. The van der Waals surface area contributed by atoms with Gasteiger partial charge in [0.2, 0.25) is 0 Å². The average molecular weight is 1860 g/mol. The topological polar surface area (TPSA) is 0 Å². The summed E-state index contributed by atoms with van der Waals surface area (Å²) in [5.74, 6) is 0. The summed E-state index contributed by atoms with van der Waals surface area (Å²) in [5.41, 5.74) is 0. The first-order valence-corrected chi connectivity index (χ1v) is 47.3. The SMILES string of the molecule is [Cl-].[Cl-].[Pd+2][c]1cccc(P(c2ccccc2)c2ccccc2)c1.[Pd].c1ccc(P(c2ccccc2)c2ccccc2)cc1.c1ccc(P(c2ccccc2)c2ccccc2)cc1.c1ccc(P(c2ccccc2)c2ccccc2)cc1.c1ccc(P(c2ccccc2)c2ccccc2)cc1.c1ccc(P(c2ccccc2)c2ccccc2)cc1. The monoisotopic (exact) mass is 1850 g/mol. The van der Waals surface area contributed by atoms with Gasteiger partial charge in [-0.2, -0.15) is 0 Å². The molecule has 0 heterocycles. The molecule has 0 radical (unpaired) electrons. The van der Waals surface area contributed by atoms with Gasteiger partial charge < -0.3 is 24.8 Å². The summed E-state index contributed by atoms with van der Waals surface area (Å²) < 4.78 is 1.17. The quantitative estimate of drug-likeness (QED) is 0.0593. The van der Waals surface area contributed by atoms with Crippen LogP contribution in [0.1, 0.15) is 0 Å². The van der Waals surface area contributed by atoms with Crippen LogP contribution >= 0.6 is 47.5 Å². The third-order valence-corrected chi connectivity index (χ3v) is 33.4. The largest absolute Gasteiger partial charge is 0.0622 e. The second-order valence-corrected chi connectivity index (χ2v) is 40.4. The Morgan fingerprint density at radius 2 is 0.195 bits per heavy atom. The van der Waals surface area contributed by atoms with Crippen molar-refractivity contribution in [3.05, 3.63) is 540 Å². The molecule has 0 atom stereocenters. The van der Waals surface area contributed by atoms with Crippen molar-refractivity contribution < 1.29 is 64.4 Å². The molecule has 0 saturated carbocycles. The van der Waals surface area contributed by atoms with E-state index in [4.69, 9.17) is 0 Å². The van der Waals surface area contributed by atoms with Crippen LogP contribution in [0, 0.1) is 0 Å². The summed E-state index contributed by atoms with van der Waals surface area (Å²) in [6.45, 7) is 0.